The summed E-state index contributed by atoms with van der Waals surface area (Å²) in [5, 5.41) is 19.1. The van der Waals surface area contributed by atoms with Gasteiger partial charge in [-0.05, 0) is 6.42 Å². The molecular formula is C19H16N4O3S. The van der Waals surface area contributed by atoms with Crippen LogP contribution >= 0.6 is 11.8 Å². The van der Waals surface area contributed by atoms with Crippen molar-refractivity contribution in [1.29, 1.82) is 0 Å². The molecule has 0 bridgehead atoms. The second kappa shape index (κ2) is 8.50. The summed E-state index contributed by atoms with van der Waals surface area (Å²) in [6.45, 7) is 1.87. The molecule has 7 nitrogen and oxygen atoms in total. The third kappa shape index (κ3) is 4.53. The Balaban J connectivity index is 1.76. The average molecular weight is 380 g/mol. The lowest BCUT2D eigenvalue weighted by atomic mass is 10.1. The molecule has 0 saturated carbocycles. The van der Waals surface area contributed by atoms with Gasteiger partial charge in [-0.25, -0.2) is 4.98 Å². The Hall–Kier alpha value is -3.13. The number of thioether (sulfide) groups is 1. The predicted octanol–water partition coefficient (Wildman–Crippen LogP) is 4.20. The third-order valence-electron chi connectivity index (χ3n) is 3.86. The van der Waals surface area contributed by atoms with Crippen molar-refractivity contribution in [3.8, 4) is 11.3 Å². The molecule has 0 saturated heterocycles. The van der Waals surface area contributed by atoms with Crippen molar-refractivity contribution in [3.63, 3.8) is 0 Å². The minimum absolute atomic E-state index is 0.106. The molecule has 27 heavy (non-hydrogen) atoms. The van der Waals surface area contributed by atoms with Gasteiger partial charge < -0.3 is 0 Å². The number of nitrogens with zero attached hydrogens (tertiary/aromatic N) is 4. The Morgan fingerprint density at radius 2 is 1.93 bits per heavy atom. The maximum atomic E-state index is 12.7. The summed E-state index contributed by atoms with van der Waals surface area (Å²) in [5.41, 5.74) is 1.76. The van der Waals surface area contributed by atoms with Gasteiger partial charge in [0.05, 0.1) is 16.4 Å². The molecule has 1 atom stereocenters. The number of nitro groups is 1. The zero-order chi connectivity index (χ0) is 19.2. The van der Waals surface area contributed by atoms with E-state index in [0.29, 0.717) is 22.8 Å². The number of carbonyl (C=O) groups excluding carboxylic acids is 1. The first kappa shape index (κ1) is 18.7. The van der Waals surface area contributed by atoms with Crippen LogP contribution in [-0.2, 0) is 0 Å². The van der Waals surface area contributed by atoms with E-state index in [1.54, 1.807) is 12.3 Å². The van der Waals surface area contributed by atoms with Crippen molar-refractivity contribution in [1.82, 2.24) is 15.2 Å². The van der Waals surface area contributed by atoms with E-state index in [9.17, 15) is 14.9 Å². The summed E-state index contributed by atoms with van der Waals surface area (Å²) in [5.74, 6) is -0.193. The lowest BCUT2D eigenvalue weighted by molar-refractivity contribution is -0.384. The van der Waals surface area contributed by atoms with Crippen LogP contribution in [0.3, 0.4) is 0 Å². The second-order valence-corrected chi connectivity index (χ2v) is 6.85. The van der Waals surface area contributed by atoms with Crippen molar-refractivity contribution in [3.05, 3.63) is 76.5 Å². The molecule has 0 fully saturated rings. The third-order valence-corrected chi connectivity index (χ3v) is 5.09. The molecule has 3 rings (SSSR count). The van der Waals surface area contributed by atoms with Crippen LogP contribution in [-0.4, -0.2) is 31.1 Å². The zero-order valence-electron chi connectivity index (χ0n) is 14.5. The molecule has 1 heterocycles. The van der Waals surface area contributed by atoms with Crippen LogP contribution in [0.5, 0.6) is 0 Å². The van der Waals surface area contributed by atoms with Gasteiger partial charge in [0.25, 0.3) is 5.69 Å². The van der Waals surface area contributed by atoms with Gasteiger partial charge in [-0.3, -0.25) is 14.9 Å². The number of hydrogen-bond acceptors (Lipinski definition) is 7. The van der Waals surface area contributed by atoms with E-state index >= 15 is 0 Å². The van der Waals surface area contributed by atoms with E-state index in [-0.39, 0.29) is 11.5 Å². The number of Topliss-reactive ketones (excluding diaryl/α,β-unsaturated/α-hetero) is 1. The highest BCUT2D eigenvalue weighted by molar-refractivity contribution is 8.00. The van der Waals surface area contributed by atoms with Gasteiger partial charge in [0.2, 0.25) is 5.16 Å². The van der Waals surface area contributed by atoms with E-state index in [1.165, 1.54) is 30.0 Å². The van der Waals surface area contributed by atoms with Crippen molar-refractivity contribution >= 4 is 23.2 Å². The molecular weight excluding hydrogens is 364 g/mol. The standard InChI is InChI=1S/C19H16N4O3S/c1-2-17(18(24)14-9-6-10-15(11-14)23(25)26)27-19-20-12-16(21-22-19)13-7-4-3-5-8-13/h3-12,17H,2H2,1H3. The van der Waals surface area contributed by atoms with E-state index in [1.807, 2.05) is 37.3 Å². The van der Waals surface area contributed by atoms with Crippen LogP contribution in [0, 0.1) is 10.1 Å². The number of non-ortho nitro benzene ring substituents is 1. The molecule has 0 aliphatic heterocycles. The topological polar surface area (TPSA) is 98.9 Å². The largest absolute Gasteiger partial charge is 0.293 e. The van der Waals surface area contributed by atoms with Gasteiger partial charge in [-0.15, -0.1) is 10.2 Å². The highest BCUT2D eigenvalue weighted by Gasteiger charge is 2.22. The van der Waals surface area contributed by atoms with Gasteiger partial charge in [-0.2, -0.15) is 0 Å². The summed E-state index contributed by atoms with van der Waals surface area (Å²) in [6, 6.07) is 15.3. The molecule has 136 valence electrons. The molecule has 0 radical (unpaired) electrons. The quantitative estimate of drug-likeness (QED) is 0.262. The molecule has 0 amide bonds. The van der Waals surface area contributed by atoms with Gasteiger partial charge in [-0.1, -0.05) is 61.2 Å². The van der Waals surface area contributed by atoms with Gasteiger partial charge in [0.1, 0.15) is 5.69 Å². The summed E-state index contributed by atoms with van der Waals surface area (Å²) >= 11 is 1.21. The lowest BCUT2D eigenvalue weighted by Crippen LogP contribution is -2.17. The van der Waals surface area contributed by atoms with E-state index < -0.39 is 10.2 Å². The maximum Gasteiger partial charge on any atom is 0.270 e. The number of ketones is 1. The second-order valence-electron chi connectivity index (χ2n) is 5.68. The molecule has 1 unspecified atom stereocenters. The minimum Gasteiger partial charge on any atom is -0.293 e. The summed E-state index contributed by atoms with van der Waals surface area (Å²) in [4.78, 5) is 27.4. The van der Waals surface area contributed by atoms with Crippen molar-refractivity contribution in [2.75, 3.05) is 0 Å². The minimum atomic E-state index is -0.514. The molecule has 3 aromatic rings. The zero-order valence-corrected chi connectivity index (χ0v) is 15.3. The fraction of sp³-hybridized carbons (Fsp3) is 0.158. The molecule has 0 spiro atoms. The SMILES string of the molecule is CCC(Sc1ncc(-c2ccccc2)nn1)C(=O)c1cccc([N+](=O)[O-])c1. The van der Waals surface area contributed by atoms with Crippen LogP contribution in [0.25, 0.3) is 11.3 Å². The van der Waals surface area contributed by atoms with Crippen LogP contribution < -0.4 is 0 Å². The molecule has 0 aliphatic carbocycles. The van der Waals surface area contributed by atoms with Crippen LogP contribution in [0.1, 0.15) is 23.7 Å². The first-order valence-electron chi connectivity index (χ1n) is 8.29. The van der Waals surface area contributed by atoms with E-state index in [2.05, 4.69) is 15.2 Å². The molecule has 0 aliphatic rings. The first-order chi connectivity index (χ1) is 13.1. The number of carbonyl (C=O) groups is 1. The van der Waals surface area contributed by atoms with Gasteiger partial charge in [0.15, 0.2) is 5.78 Å². The highest BCUT2D eigenvalue weighted by atomic mass is 32.2. The Bertz CT molecular complexity index is 949. The highest BCUT2D eigenvalue weighted by Crippen LogP contribution is 2.26. The number of benzene rings is 2. The Morgan fingerprint density at radius 1 is 1.15 bits per heavy atom. The fourth-order valence-corrected chi connectivity index (χ4v) is 3.33. The van der Waals surface area contributed by atoms with Crippen LogP contribution in [0.15, 0.2) is 66.0 Å². The predicted molar refractivity (Wildman–Crippen MR) is 103 cm³/mol. The van der Waals surface area contributed by atoms with Crippen molar-refractivity contribution in [2.45, 2.75) is 23.8 Å². The van der Waals surface area contributed by atoms with Gasteiger partial charge in [0, 0.05) is 23.3 Å². The van der Waals surface area contributed by atoms with E-state index in [4.69, 9.17) is 0 Å². The summed E-state index contributed by atoms with van der Waals surface area (Å²) < 4.78 is 0. The van der Waals surface area contributed by atoms with Gasteiger partial charge >= 0.3 is 0 Å². The lowest BCUT2D eigenvalue weighted by Gasteiger charge is -2.12. The number of hydrogen-bond donors (Lipinski definition) is 0. The smallest absolute Gasteiger partial charge is 0.270 e. The Labute approximate surface area is 160 Å². The Morgan fingerprint density at radius 3 is 2.56 bits per heavy atom. The van der Waals surface area contributed by atoms with Crippen LogP contribution in [0.2, 0.25) is 0 Å². The molecule has 0 N–H and O–H groups in total. The van der Waals surface area contributed by atoms with Crippen LogP contribution in [0.4, 0.5) is 5.69 Å². The summed E-state index contributed by atoms with van der Waals surface area (Å²) in [7, 11) is 0. The fourth-order valence-electron chi connectivity index (χ4n) is 2.47. The normalized spacial score (nSPS) is 11.7. The number of nitro benzene ring substituents is 1. The number of rotatable bonds is 7. The average Bonchev–Trinajstić information content (AvgIpc) is 2.72. The maximum absolute atomic E-state index is 12.7. The molecule has 8 heteroatoms. The molecule has 2 aromatic carbocycles. The van der Waals surface area contributed by atoms with Crippen molar-refractivity contribution in [2.24, 2.45) is 0 Å². The summed E-state index contributed by atoms with van der Waals surface area (Å²) in [6.07, 6.45) is 2.16. The Kier molecular flexibility index (Phi) is 5.87. The van der Waals surface area contributed by atoms with Crippen molar-refractivity contribution < 1.29 is 9.72 Å². The van der Waals surface area contributed by atoms with E-state index in [0.717, 1.165) is 5.56 Å². The molecule has 1 aromatic heterocycles. The first-order valence-corrected chi connectivity index (χ1v) is 9.17. The number of aromatic nitrogens is 3. The monoisotopic (exact) mass is 380 g/mol.